The molecule has 0 aromatic heterocycles. The molecule has 0 aliphatic heterocycles. The summed E-state index contributed by atoms with van der Waals surface area (Å²) < 4.78 is 0. The van der Waals surface area contributed by atoms with Crippen molar-refractivity contribution in [1.29, 1.82) is 0 Å². The number of hydrogen-bond acceptors (Lipinski definition) is 2. The molecule has 2 nitrogen and oxygen atoms in total. The van der Waals surface area contributed by atoms with E-state index < -0.39 is 0 Å². The lowest BCUT2D eigenvalue weighted by Crippen LogP contribution is -2.29. The fourth-order valence-corrected chi connectivity index (χ4v) is 7.49. The van der Waals surface area contributed by atoms with Crippen LogP contribution in [0.5, 0.6) is 0 Å². The highest BCUT2D eigenvalue weighted by Gasteiger charge is 2.29. The Hall–Kier alpha value is -0.0800. The standard InChI is InChI=1S/C34H66O2/c1-6-8-9-10-11-13-29-18-20-30(21-19-29)24-28(5)33(35)15-12-14-32(27(4)7-2)25-34(36)31-22-16-26(3)17-23-31/h26-36H,6-25H2,1-5H3. The maximum atomic E-state index is 11.0. The first-order valence-corrected chi connectivity index (χ1v) is 16.7. The van der Waals surface area contributed by atoms with Crippen molar-refractivity contribution >= 4 is 0 Å². The summed E-state index contributed by atoms with van der Waals surface area (Å²) in [5.74, 6) is 4.88. The minimum absolute atomic E-state index is 0.119. The van der Waals surface area contributed by atoms with Crippen LogP contribution in [-0.2, 0) is 0 Å². The van der Waals surface area contributed by atoms with Gasteiger partial charge in [0.2, 0.25) is 0 Å². The van der Waals surface area contributed by atoms with Crippen molar-refractivity contribution in [2.75, 3.05) is 0 Å². The molecule has 0 aromatic rings. The summed E-state index contributed by atoms with van der Waals surface area (Å²) in [6, 6.07) is 0. The summed E-state index contributed by atoms with van der Waals surface area (Å²) >= 11 is 0. The maximum Gasteiger partial charge on any atom is 0.0571 e. The van der Waals surface area contributed by atoms with E-state index in [0.717, 1.165) is 37.0 Å². The van der Waals surface area contributed by atoms with Crippen molar-refractivity contribution in [3.05, 3.63) is 0 Å². The molecule has 2 N–H and O–H groups in total. The lowest BCUT2D eigenvalue weighted by atomic mass is 9.74. The van der Waals surface area contributed by atoms with Crippen LogP contribution in [0.2, 0.25) is 0 Å². The second-order valence-electron chi connectivity index (χ2n) is 13.8. The van der Waals surface area contributed by atoms with Crippen LogP contribution in [0.15, 0.2) is 0 Å². The molecule has 2 fully saturated rings. The summed E-state index contributed by atoms with van der Waals surface area (Å²) in [6.07, 6.45) is 25.5. The van der Waals surface area contributed by atoms with Gasteiger partial charge < -0.3 is 10.2 Å². The van der Waals surface area contributed by atoms with Crippen LogP contribution in [-0.4, -0.2) is 22.4 Å². The molecule has 0 amide bonds. The molecular weight excluding hydrogens is 440 g/mol. The van der Waals surface area contributed by atoms with Gasteiger partial charge in [-0.15, -0.1) is 0 Å². The van der Waals surface area contributed by atoms with E-state index in [9.17, 15) is 10.2 Å². The number of rotatable bonds is 18. The van der Waals surface area contributed by atoms with Gasteiger partial charge in [0.15, 0.2) is 0 Å². The normalized spacial score (nSPS) is 29.4. The summed E-state index contributed by atoms with van der Waals surface area (Å²) in [5, 5.41) is 22.0. The van der Waals surface area contributed by atoms with E-state index in [0.29, 0.717) is 23.7 Å². The Morgan fingerprint density at radius 3 is 1.97 bits per heavy atom. The molecule has 2 aliphatic rings. The van der Waals surface area contributed by atoms with Crippen LogP contribution >= 0.6 is 0 Å². The van der Waals surface area contributed by atoms with Crippen molar-refractivity contribution in [3.63, 3.8) is 0 Å². The first-order valence-electron chi connectivity index (χ1n) is 16.7. The van der Waals surface area contributed by atoms with Crippen molar-refractivity contribution in [1.82, 2.24) is 0 Å². The van der Waals surface area contributed by atoms with E-state index >= 15 is 0 Å². The Morgan fingerprint density at radius 1 is 0.694 bits per heavy atom. The largest absolute Gasteiger partial charge is 0.393 e. The van der Waals surface area contributed by atoms with E-state index in [1.165, 1.54) is 109 Å². The molecular formula is C34H66O2. The molecule has 5 unspecified atom stereocenters. The third-order valence-corrected chi connectivity index (χ3v) is 10.7. The molecule has 0 spiro atoms. The molecule has 2 aliphatic carbocycles. The molecule has 0 heterocycles. The zero-order valence-electron chi connectivity index (χ0n) is 25.2. The van der Waals surface area contributed by atoms with Gasteiger partial charge in [-0.2, -0.15) is 0 Å². The molecule has 2 saturated carbocycles. The summed E-state index contributed by atoms with van der Waals surface area (Å²) in [6.45, 7) is 11.6. The van der Waals surface area contributed by atoms with Crippen LogP contribution in [0.4, 0.5) is 0 Å². The maximum absolute atomic E-state index is 11.0. The molecule has 0 saturated heterocycles. The van der Waals surface area contributed by atoms with Crippen LogP contribution < -0.4 is 0 Å². The fraction of sp³-hybridized carbons (Fsp3) is 1.00. The third kappa shape index (κ3) is 12.2. The zero-order valence-corrected chi connectivity index (χ0v) is 25.2. The van der Waals surface area contributed by atoms with Crippen molar-refractivity contribution in [3.8, 4) is 0 Å². The minimum Gasteiger partial charge on any atom is -0.393 e. The Morgan fingerprint density at radius 2 is 1.33 bits per heavy atom. The molecule has 0 bridgehead atoms. The van der Waals surface area contributed by atoms with Gasteiger partial charge in [-0.3, -0.25) is 0 Å². The van der Waals surface area contributed by atoms with E-state index in [1.54, 1.807) is 0 Å². The topological polar surface area (TPSA) is 40.5 Å². The highest BCUT2D eigenvalue weighted by atomic mass is 16.3. The van der Waals surface area contributed by atoms with Crippen molar-refractivity contribution < 1.29 is 10.2 Å². The minimum atomic E-state index is -0.149. The molecule has 0 aromatic carbocycles. The quantitative estimate of drug-likeness (QED) is 0.182. The Bertz CT molecular complexity index is 517. The molecule has 0 radical (unpaired) electrons. The average Bonchev–Trinajstić information content (AvgIpc) is 2.88. The molecule has 2 rings (SSSR count). The van der Waals surface area contributed by atoms with Gasteiger partial charge in [0.05, 0.1) is 12.2 Å². The first kappa shape index (κ1) is 32.1. The van der Waals surface area contributed by atoms with Crippen LogP contribution in [0.25, 0.3) is 0 Å². The lowest BCUT2D eigenvalue weighted by Gasteiger charge is -2.34. The number of hydrogen-bond donors (Lipinski definition) is 2. The highest BCUT2D eigenvalue weighted by Crippen LogP contribution is 2.37. The van der Waals surface area contributed by atoms with Gasteiger partial charge >= 0.3 is 0 Å². The van der Waals surface area contributed by atoms with Gasteiger partial charge in [-0.1, -0.05) is 131 Å². The fourth-order valence-electron chi connectivity index (χ4n) is 7.49. The number of aliphatic hydroxyl groups excluding tert-OH is 2. The van der Waals surface area contributed by atoms with E-state index in [2.05, 4.69) is 34.6 Å². The summed E-state index contributed by atoms with van der Waals surface area (Å²) in [5.41, 5.74) is 0. The second kappa shape index (κ2) is 18.3. The van der Waals surface area contributed by atoms with Crippen LogP contribution in [0, 0.1) is 41.4 Å². The van der Waals surface area contributed by atoms with Crippen molar-refractivity contribution in [2.24, 2.45) is 41.4 Å². The second-order valence-corrected chi connectivity index (χ2v) is 13.8. The third-order valence-electron chi connectivity index (χ3n) is 10.7. The Kier molecular flexibility index (Phi) is 16.3. The number of unbranched alkanes of at least 4 members (excludes halogenated alkanes) is 4. The van der Waals surface area contributed by atoms with Crippen molar-refractivity contribution in [2.45, 2.75) is 175 Å². The smallest absolute Gasteiger partial charge is 0.0571 e. The predicted molar refractivity (Wildman–Crippen MR) is 157 cm³/mol. The first-order chi connectivity index (χ1) is 17.3. The van der Waals surface area contributed by atoms with E-state index in [1.807, 2.05) is 0 Å². The lowest BCUT2D eigenvalue weighted by molar-refractivity contribution is 0.0419. The summed E-state index contributed by atoms with van der Waals surface area (Å²) in [4.78, 5) is 0. The van der Waals surface area contributed by atoms with Gasteiger partial charge in [0, 0.05) is 0 Å². The van der Waals surface area contributed by atoms with Gasteiger partial charge in [0.25, 0.3) is 0 Å². The molecule has 36 heavy (non-hydrogen) atoms. The zero-order chi connectivity index (χ0) is 26.3. The molecule has 2 heteroatoms. The molecule has 214 valence electrons. The SMILES string of the molecule is CCCCCCCC1CCC(CC(C)C(O)CCCC(CC(O)C2CCC(C)CC2)C(C)CC)CC1. The van der Waals surface area contributed by atoms with Crippen LogP contribution in [0.3, 0.4) is 0 Å². The van der Waals surface area contributed by atoms with Gasteiger partial charge in [0.1, 0.15) is 0 Å². The van der Waals surface area contributed by atoms with E-state index in [4.69, 9.17) is 0 Å². The highest BCUT2D eigenvalue weighted by molar-refractivity contribution is 4.81. The Labute approximate surface area is 226 Å². The monoisotopic (exact) mass is 507 g/mol. The summed E-state index contributed by atoms with van der Waals surface area (Å²) in [7, 11) is 0. The van der Waals surface area contributed by atoms with Crippen LogP contribution in [0.1, 0.15) is 163 Å². The molecule has 5 atom stereocenters. The van der Waals surface area contributed by atoms with Gasteiger partial charge in [-0.25, -0.2) is 0 Å². The number of aliphatic hydroxyl groups is 2. The van der Waals surface area contributed by atoms with Gasteiger partial charge in [-0.05, 0) is 73.5 Å². The predicted octanol–water partition coefficient (Wildman–Crippen LogP) is 9.95. The van der Waals surface area contributed by atoms with E-state index in [-0.39, 0.29) is 12.2 Å². The Balaban J connectivity index is 1.64. The average molecular weight is 507 g/mol.